The number of thiazole rings is 1. The molecule has 1 aliphatic rings. The van der Waals surface area contributed by atoms with Crippen molar-refractivity contribution in [1.29, 1.82) is 0 Å². The van der Waals surface area contributed by atoms with Gasteiger partial charge in [0.05, 0.1) is 12.7 Å². The molecule has 0 unspecified atom stereocenters. The van der Waals surface area contributed by atoms with E-state index in [1.807, 2.05) is 10.3 Å². The van der Waals surface area contributed by atoms with E-state index in [1.54, 1.807) is 0 Å². The van der Waals surface area contributed by atoms with Crippen LogP contribution < -0.4 is 0 Å². The zero-order valence-electron chi connectivity index (χ0n) is 13.6. The molecule has 23 heavy (non-hydrogen) atoms. The van der Waals surface area contributed by atoms with Gasteiger partial charge in [-0.2, -0.15) is 0 Å². The van der Waals surface area contributed by atoms with Crippen LogP contribution in [0.4, 0.5) is 0 Å². The molecule has 0 aliphatic carbocycles. The molecule has 5 heteroatoms. The van der Waals surface area contributed by atoms with E-state index in [2.05, 4.69) is 43.1 Å². The monoisotopic (exact) mass is 330 g/mol. The van der Waals surface area contributed by atoms with Crippen molar-refractivity contribution in [2.45, 2.75) is 32.8 Å². The van der Waals surface area contributed by atoms with Crippen molar-refractivity contribution in [1.82, 2.24) is 9.88 Å². The van der Waals surface area contributed by atoms with Crippen molar-refractivity contribution in [3.05, 3.63) is 40.9 Å². The summed E-state index contributed by atoms with van der Waals surface area (Å²) >= 11 is 1.53. The van der Waals surface area contributed by atoms with E-state index in [-0.39, 0.29) is 12.0 Å². The Morgan fingerprint density at radius 2 is 2.13 bits per heavy atom. The first-order chi connectivity index (χ1) is 11.2. The molecule has 1 aliphatic heterocycles. The van der Waals surface area contributed by atoms with Gasteiger partial charge in [-0.15, -0.1) is 11.3 Å². The van der Waals surface area contributed by atoms with Crippen LogP contribution in [0.25, 0.3) is 10.6 Å². The topological polar surface area (TPSA) is 42.4 Å². The molecule has 1 fully saturated rings. The number of hydrogen-bond acceptors (Lipinski definition) is 4. The van der Waals surface area contributed by atoms with Gasteiger partial charge in [0.15, 0.2) is 0 Å². The normalized spacial score (nSPS) is 18.2. The molecule has 0 saturated carbocycles. The summed E-state index contributed by atoms with van der Waals surface area (Å²) in [6.45, 7) is 6.14. The fourth-order valence-electron chi connectivity index (χ4n) is 2.70. The van der Waals surface area contributed by atoms with Crippen LogP contribution in [0, 0.1) is 0 Å². The van der Waals surface area contributed by atoms with Crippen molar-refractivity contribution in [2.24, 2.45) is 0 Å². The Morgan fingerprint density at radius 3 is 2.83 bits per heavy atom. The van der Waals surface area contributed by atoms with Gasteiger partial charge in [-0.1, -0.05) is 38.1 Å². The number of morpholine rings is 1. The van der Waals surface area contributed by atoms with Crippen molar-refractivity contribution in [2.75, 3.05) is 19.7 Å². The number of amides is 1. The molecule has 1 saturated heterocycles. The fraction of sp³-hybridized carbons (Fsp3) is 0.444. The van der Waals surface area contributed by atoms with E-state index in [4.69, 9.17) is 4.74 Å². The van der Waals surface area contributed by atoms with Crippen molar-refractivity contribution >= 4 is 17.2 Å². The van der Waals surface area contributed by atoms with Gasteiger partial charge in [-0.25, -0.2) is 4.98 Å². The smallest absolute Gasteiger partial charge is 0.273 e. The van der Waals surface area contributed by atoms with E-state index in [1.165, 1.54) is 16.9 Å². The second kappa shape index (κ2) is 7.23. The highest BCUT2D eigenvalue weighted by Crippen LogP contribution is 2.25. The lowest BCUT2D eigenvalue weighted by molar-refractivity contribution is -0.0227. The number of rotatable bonds is 4. The standard InChI is InChI=1S/C18H22N2O2S/c1-3-13-5-7-14(8-6-13)17-19-16(12-23-17)18(21)20-9-10-22-15(4-2)11-20/h5-8,12,15H,3-4,9-11H2,1-2H3/t15-/m0/s1. The van der Waals surface area contributed by atoms with Gasteiger partial charge >= 0.3 is 0 Å². The Bertz CT molecular complexity index is 666. The maximum Gasteiger partial charge on any atom is 0.273 e. The summed E-state index contributed by atoms with van der Waals surface area (Å²) in [5.74, 6) is 0.0134. The summed E-state index contributed by atoms with van der Waals surface area (Å²) in [6.07, 6.45) is 2.10. The first-order valence-electron chi connectivity index (χ1n) is 8.17. The molecule has 0 N–H and O–H groups in total. The first-order valence-corrected chi connectivity index (χ1v) is 9.05. The third kappa shape index (κ3) is 3.62. The largest absolute Gasteiger partial charge is 0.375 e. The molecule has 0 bridgehead atoms. The number of carbonyl (C=O) groups excluding carboxylic acids is 1. The van der Waals surface area contributed by atoms with Gasteiger partial charge in [0.25, 0.3) is 5.91 Å². The number of nitrogens with zero attached hydrogens (tertiary/aromatic N) is 2. The molecule has 2 aromatic rings. The Balaban J connectivity index is 1.74. The van der Waals surface area contributed by atoms with Crippen LogP contribution in [-0.2, 0) is 11.2 Å². The minimum atomic E-state index is 0.0134. The summed E-state index contributed by atoms with van der Waals surface area (Å²) in [6, 6.07) is 8.39. The molecule has 1 atom stereocenters. The van der Waals surface area contributed by atoms with Crippen LogP contribution in [0.15, 0.2) is 29.6 Å². The maximum atomic E-state index is 12.6. The molecule has 1 aromatic heterocycles. The molecule has 4 nitrogen and oxygen atoms in total. The molecule has 1 aromatic carbocycles. The predicted octanol–water partition coefficient (Wildman–Crippen LogP) is 3.62. The molecule has 3 rings (SSSR count). The van der Waals surface area contributed by atoms with Crippen molar-refractivity contribution < 1.29 is 9.53 Å². The number of aromatic nitrogens is 1. The highest BCUT2D eigenvalue weighted by molar-refractivity contribution is 7.13. The second-order valence-corrected chi connectivity index (χ2v) is 6.60. The average Bonchev–Trinajstić information content (AvgIpc) is 3.11. The van der Waals surface area contributed by atoms with E-state index in [0.717, 1.165) is 23.4 Å². The minimum absolute atomic E-state index is 0.0134. The van der Waals surface area contributed by atoms with E-state index in [9.17, 15) is 4.79 Å². The van der Waals surface area contributed by atoms with Crippen molar-refractivity contribution in [3.63, 3.8) is 0 Å². The SMILES string of the molecule is CCc1ccc(-c2nc(C(=O)N3CCO[C@@H](CC)C3)cs2)cc1. The summed E-state index contributed by atoms with van der Waals surface area (Å²) in [7, 11) is 0. The molecule has 0 radical (unpaired) electrons. The maximum absolute atomic E-state index is 12.6. The fourth-order valence-corrected chi connectivity index (χ4v) is 3.50. The second-order valence-electron chi connectivity index (χ2n) is 5.74. The Hall–Kier alpha value is -1.72. The molecule has 122 valence electrons. The van der Waals surface area contributed by atoms with E-state index >= 15 is 0 Å². The van der Waals surface area contributed by atoms with E-state index in [0.29, 0.717) is 25.4 Å². The van der Waals surface area contributed by atoms with Gasteiger partial charge in [0, 0.05) is 24.0 Å². The zero-order chi connectivity index (χ0) is 16.2. The van der Waals surface area contributed by atoms with Crippen LogP contribution in [0.5, 0.6) is 0 Å². The molecular formula is C18H22N2O2S. The Kier molecular flexibility index (Phi) is 5.08. The van der Waals surface area contributed by atoms with Gasteiger partial charge in [-0.3, -0.25) is 4.79 Å². The van der Waals surface area contributed by atoms with Crippen LogP contribution in [0.1, 0.15) is 36.3 Å². The third-order valence-corrected chi connectivity index (χ3v) is 5.11. The van der Waals surface area contributed by atoms with Crippen molar-refractivity contribution in [3.8, 4) is 10.6 Å². The Morgan fingerprint density at radius 1 is 1.35 bits per heavy atom. The summed E-state index contributed by atoms with van der Waals surface area (Å²) < 4.78 is 5.63. The van der Waals surface area contributed by atoms with Crippen LogP contribution >= 0.6 is 11.3 Å². The summed E-state index contributed by atoms with van der Waals surface area (Å²) in [5.41, 5.74) is 2.92. The first kappa shape index (κ1) is 16.1. The van der Waals surface area contributed by atoms with Crippen LogP contribution in [-0.4, -0.2) is 41.6 Å². The van der Waals surface area contributed by atoms with E-state index < -0.39 is 0 Å². The number of ether oxygens (including phenoxy) is 1. The Labute approximate surface area is 141 Å². The number of aryl methyl sites for hydroxylation is 1. The summed E-state index contributed by atoms with van der Waals surface area (Å²) in [5, 5.41) is 2.76. The van der Waals surface area contributed by atoms with Gasteiger partial charge in [-0.05, 0) is 18.4 Å². The number of carbonyl (C=O) groups is 1. The lowest BCUT2D eigenvalue weighted by Crippen LogP contribution is -2.45. The van der Waals surface area contributed by atoms with Gasteiger partial charge in [0.2, 0.25) is 0 Å². The lowest BCUT2D eigenvalue weighted by Gasteiger charge is -2.32. The van der Waals surface area contributed by atoms with Crippen LogP contribution in [0.3, 0.4) is 0 Å². The number of benzene rings is 1. The molecule has 0 spiro atoms. The molecule has 1 amide bonds. The third-order valence-electron chi connectivity index (χ3n) is 4.21. The quantitative estimate of drug-likeness (QED) is 0.860. The van der Waals surface area contributed by atoms with Gasteiger partial charge in [0.1, 0.15) is 10.7 Å². The summed E-state index contributed by atoms with van der Waals surface area (Å²) in [4.78, 5) is 19.0. The van der Waals surface area contributed by atoms with Gasteiger partial charge < -0.3 is 9.64 Å². The van der Waals surface area contributed by atoms with Crippen LogP contribution in [0.2, 0.25) is 0 Å². The minimum Gasteiger partial charge on any atom is -0.375 e. The lowest BCUT2D eigenvalue weighted by atomic mass is 10.1. The molecule has 2 heterocycles. The predicted molar refractivity (Wildman–Crippen MR) is 92.9 cm³/mol. The number of hydrogen-bond donors (Lipinski definition) is 0. The highest BCUT2D eigenvalue weighted by Gasteiger charge is 2.25. The highest BCUT2D eigenvalue weighted by atomic mass is 32.1. The molecular weight excluding hydrogens is 308 g/mol. The zero-order valence-corrected chi connectivity index (χ0v) is 14.4. The average molecular weight is 330 g/mol.